The molecule has 0 aromatic carbocycles. The summed E-state index contributed by atoms with van der Waals surface area (Å²) < 4.78 is 3.35. The average Bonchev–Trinajstić information content (AvgIpc) is 2.81. The Hall–Kier alpha value is -2.28. The van der Waals surface area contributed by atoms with E-state index in [9.17, 15) is 4.79 Å². The first-order valence-electron chi connectivity index (χ1n) is 6.92. The highest BCUT2D eigenvalue weighted by Gasteiger charge is 2.09. The fourth-order valence-corrected chi connectivity index (χ4v) is 2.39. The lowest BCUT2D eigenvalue weighted by atomic mass is 10.3. The van der Waals surface area contributed by atoms with Crippen molar-refractivity contribution in [2.45, 2.75) is 19.9 Å². The Labute approximate surface area is 121 Å². The maximum atomic E-state index is 12.5. The van der Waals surface area contributed by atoms with Gasteiger partial charge in [-0.15, -0.1) is 5.10 Å². The van der Waals surface area contributed by atoms with Gasteiger partial charge >= 0.3 is 0 Å². The molecule has 3 heterocycles. The van der Waals surface area contributed by atoms with Crippen LogP contribution in [-0.2, 0) is 6.54 Å². The highest BCUT2D eigenvalue weighted by Crippen LogP contribution is 2.10. The lowest BCUT2D eigenvalue weighted by molar-refractivity contribution is 0.385. The van der Waals surface area contributed by atoms with Crippen LogP contribution in [0.25, 0.3) is 16.7 Å². The Bertz CT molecular complexity index is 848. The molecule has 0 N–H and O–H groups in total. The Balaban J connectivity index is 2.04. The number of aryl methyl sites for hydroxylation is 2. The van der Waals surface area contributed by atoms with E-state index < -0.39 is 0 Å². The largest absolute Gasteiger partial charge is 0.315 e. The fraction of sp³-hybridized carbons (Fsp3) is 0.429. The number of pyridine rings is 1. The van der Waals surface area contributed by atoms with Crippen LogP contribution in [0.3, 0.4) is 0 Å². The lowest BCUT2D eigenvalue weighted by Gasteiger charge is -2.11. The molecule has 0 spiro atoms. The highest BCUT2D eigenvalue weighted by molar-refractivity contribution is 5.78. The van der Waals surface area contributed by atoms with Crippen LogP contribution < -0.4 is 5.56 Å². The molecule has 0 unspecified atom stereocenters. The molecule has 0 radical (unpaired) electrons. The topological polar surface area (TPSA) is 68.3 Å². The number of hydrogen-bond donors (Lipinski definition) is 0. The van der Waals surface area contributed by atoms with Crippen molar-refractivity contribution < 1.29 is 0 Å². The van der Waals surface area contributed by atoms with E-state index in [-0.39, 0.29) is 5.56 Å². The summed E-state index contributed by atoms with van der Waals surface area (Å²) in [7, 11) is 4.05. The second kappa shape index (κ2) is 5.25. The normalized spacial score (nSPS) is 11.8. The van der Waals surface area contributed by atoms with E-state index in [1.54, 1.807) is 15.3 Å². The van der Waals surface area contributed by atoms with Gasteiger partial charge in [0.2, 0.25) is 0 Å². The smallest absolute Gasteiger partial charge is 0.261 e. The first kappa shape index (κ1) is 13.7. The molecule has 7 nitrogen and oxygen atoms in total. The van der Waals surface area contributed by atoms with Crippen LogP contribution in [-0.4, -0.2) is 49.7 Å². The number of hydrogen-bond acceptors (Lipinski definition) is 5. The van der Waals surface area contributed by atoms with Crippen LogP contribution in [0.5, 0.6) is 0 Å². The second-order valence-corrected chi connectivity index (χ2v) is 5.40. The van der Waals surface area contributed by atoms with Gasteiger partial charge in [0, 0.05) is 18.9 Å². The number of rotatable bonds is 4. The van der Waals surface area contributed by atoms with Crippen LogP contribution in [0.4, 0.5) is 0 Å². The van der Waals surface area contributed by atoms with Gasteiger partial charge in [0.15, 0.2) is 0 Å². The van der Waals surface area contributed by atoms with E-state index >= 15 is 0 Å². The molecule has 21 heavy (non-hydrogen) atoms. The summed E-state index contributed by atoms with van der Waals surface area (Å²) in [5.74, 6) is 1.16. The molecule has 0 saturated carbocycles. The minimum atomic E-state index is -0.0335. The van der Waals surface area contributed by atoms with Gasteiger partial charge in [0.05, 0.1) is 10.9 Å². The molecule has 0 bridgehead atoms. The molecule has 7 heteroatoms. The SMILES string of the molecule is Cc1nc2ncc3c(=O)n(CCCN(C)C)ccc3n2n1. The average molecular weight is 286 g/mol. The van der Waals surface area contributed by atoms with Crippen molar-refractivity contribution in [1.29, 1.82) is 0 Å². The van der Waals surface area contributed by atoms with Gasteiger partial charge in [-0.1, -0.05) is 0 Å². The molecule has 0 atom stereocenters. The van der Waals surface area contributed by atoms with Crippen molar-refractivity contribution in [3.05, 3.63) is 34.6 Å². The molecular weight excluding hydrogens is 268 g/mol. The first-order chi connectivity index (χ1) is 10.1. The van der Waals surface area contributed by atoms with E-state index in [0.717, 1.165) is 18.5 Å². The van der Waals surface area contributed by atoms with Crippen molar-refractivity contribution in [3.8, 4) is 0 Å². The van der Waals surface area contributed by atoms with Gasteiger partial charge in [-0.05, 0) is 40.1 Å². The van der Waals surface area contributed by atoms with Crippen LogP contribution >= 0.6 is 0 Å². The molecule has 0 amide bonds. The Morgan fingerprint density at radius 3 is 2.90 bits per heavy atom. The molecule has 0 aliphatic heterocycles. The maximum absolute atomic E-state index is 12.5. The Kier molecular flexibility index (Phi) is 3.42. The molecule has 0 saturated heterocycles. The molecular formula is C14H18N6O. The molecule has 3 aromatic rings. The number of aromatic nitrogens is 5. The fourth-order valence-electron chi connectivity index (χ4n) is 2.39. The third-order valence-electron chi connectivity index (χ3n) is 3.42. The lowest BCUT2D eigenvalue weighted by Crippen LogP contribution is -2.23. The van der Waals surface area contributed by atoms with Crippen molar-refractivity contribution in [3.63, 3.8) is 0 Å². The van der Waals surface area contributed by atoms with Crippen LogP contribution in [0.15, 0.2) is 23.3 Å². The summed E-state index contributed by atoms with van der Waals surface area (Å²) in [5, 5.41) is 4.85. The van der Waals surface area contributed by atoms with E-state index in [0.29, 0.717) is 23.5 Å². The van der Waals surface area contributed by atoms with E-state index in [1.807, 2.05) is 33.3 Å². The van der Waals surface area contributed by atoms with E-state index in [2.05, 4.69) is 20.0 Å². The summed E-state index contributed by atoms with van der Waals surface area (Å²) in [6.45, 7) is 3.45. The van der Waals surface area contributed by atoms with E-state index in [1.165, 1.54) is 0 Å². The quantitative estimate of drug-likeness (QED) is 0.706. The Morgan fingerprint density at radius 1 is 1.33 bits per heavy atom. The minimum Gasteiger partial charge on any atom is -0.315 e. The summed E-state index contributed by atoms with van der Waals surface area (Å²) in [5.41, 5.74) is 0.711. The predicted octanol–water partition coefficient (Wildman–Crippen LogP) is 0.699. The van der Waals surface area contributed by atoms with Crippen LogP contribution in [0.2, 0.25) is 0 Å². The predicted molar refractivity (Wildman–Crippen MR) is 80.5 cm³/mol. The van der Waals surface area contributed by atoms with Crippen LogP contribution in [0.1, 0.15) is 12.2 Å². The number of fused-ring (bicyclic) bond motifs is 3. The van der Waals surface area contributed by atoms with Crippen molar-refractivity contribution in [2.75, 3.05) is 20.6 Å². The highest BCUT2D eigenvalue weighted by atomic mass is 16.1. The third-order valence-corrected chi connectivity index (χ3v) is 3.42. The van der Waals surface area contributed by atoms with Gasteiger partial charge < -0.3 is 9.47 Å². The third kappa shape index (κ3) is 2.52. The molecule has 0 aliphatic carbocycles. The van der Waals surface area contributed by atoms with Gasteiger partial charge in [0.25, 0.3) is 11.3 Å². The molecule has 0 fully saturated rings. The molecule has 0 aliphatic rings. The molecule has 110 valence electrons. The van der Waals surface area contributed by atoms with Gasteiger partial charge in [0.1, 0.15) is 5.82 Å². The van der Waals surface area contributed by atoms with Gasteiger partial charge in [-0.3, -0.25) is 4.79 Å². The summed E-state index contributed by atoms with van der Waals surface area (Å²) in [6.07, 6.45) is 4.33. The zero-order valence-corrected chi connectivity index (χ0v) is 12.4. The maximum Gasteiger partial charge on any atom is 0.261 e. The van der Waals surface area contributed by atoms with Crippen molar-refractivity contribution in [1.82, 2.24) is 29.0 Å². The van der Waals surface area contributed by atoms with Gasteiger partial charge in [-0.25, -0.2) is 4.98 Å². The summed E-state index contributed by atoms with van der Waals surface area (Å²) >= 11 is 0. The molecule has 3 aromatic heterocycles. The monoisotopic (exact) mass is 286 g/mol. The number of nitrogens with zero attached hydrogens (tertiary/aromatic N) is 6. The zero-order valence-electron chi connectivity index (χ0n) is 12.4. The minimum absolute atomic E-state index is 0.0335. The Morgan fingerprint density at radius 2 is 2.14 bits per heavy atom. The van der Waals surface area contributed by atoms with Gasteiger partial charge in [-0.2, -0.15) is 9.50 Å². The van der Waals surface area contributed by atoms with E-state index in [4.69, 9.17) is 0 Å². The zero-order chi connectivity index (χ0) is 15.0. The first-order valence-corrected chi connectivity index (χ1v) is 6.92. The summed E-state index contributed by atoms with van der Waals surface area (Å²) in [4.78, 5) is 23.0. The standard InChI is InChI=1S/C14H18N6O/c1-10-16-14-15-9-11-12(20(14)17-10)5-8-19(13(11)21)7-4-6-18(2)3/h5,8-9H,4,6-7H2,1-3H3. The van der Waals surface area contributed by atoms with Crippen molar-refractivity contribution >= 4 is 16.7 Å². The van der Waals surface area contributed by atoms with Crippen molar-refractivity contribution in [2.24, 2.45) is 0 Å². The molecule has 3 rings (SSSR count). The van der Waals surface area contributed by atoms with Crippen LogP contribution in [0, 0.1) is 6.92 Å². The summed E-state index contributed by atoms with van der Waals surface area (Å²) in [6, 6.07) is 1.90. The second-order valence-electron chi connectivity index (χ2n) is 5.40.